The SMILES string of the molecule is Nc1ccn([C@H]2C[C@H](OC3Sc4ccccc4S3)[C@@H](CO)O2)c(=O)n1. The average molecular weight is 379 g/mol. The number of nitrogens with zero attached hydrogens (tertiary/aromatic N) is 2. The number of rotatable bonds is 4. The number of aliphatic hydroxyl groups is 1. The summed E-state index contributed by atoms with van der Waals surface area (Å²) in [6, 6.07) is 9.67. The fourth-order valence-corrected chi connectivity index (χ4v) is 5.49. The molecule has 0 spiro atoms. The zero-order chi connectivity index (χ0) is 17.4. The van der Waals surface area contributed by atoms with Crippen LogP contribution in [0.25, 0.3) is 0 Å². The molecule has 0 radical (unpaired) electrons. The number of aromatic nitrogens is 2. The third-order valence-corrected chi connectivity index (χ3v) is 6.64. The fraction of sp³-hybridized carbons (Fsp3) is 0.375. The first-order valence-electron chi connectivity index (χ1n) is 7.83. The quantitative estimate of drug-likeness (QED) is 0.828. The smallest absolute Gasteiger partial charge is 0.351 e. The second-order valence-corrected chi connectivity index (χ2v) is 8.24. The van der Waals surface area contributed by atoms with Gasteiger partial charge in [0.05, 0.1) is 12.7 Å². The number of ether oxygens (including phenoxy) is 2. The molecule has 1 saturated heterocycles. The molecule has 3 heterocycles. The van der Waals surface area contributed by atoms with Crippen LogP contribution >= 0.6 is 23.5 Å². The average Bonchev–Trinajstić information content (AvgIpc) is 3.18. The third kappa shape index (κ3) is 3.42. The van der Waals surface area contributed by atoms with Crippen molar-refractivity contribution in [3.8, 4) is 0 Å². The molecule has 2 aliphatic rings. The summed E-state index contributed by atoms with van der Waals surface area (Å²) in [5, 5.41) is 9.62. The summed E-state index contributed by atoms with van der Waals surface area (Å²) >= 11 is 3.29. The maximum absolute atomic E-state index is 12.0. The lowest BCUT2D eigenvalue weighted by molar-refractivity contribution is -0.0582. The Labute approximate surface area is 152 Å². The Morgan fingerprint density at radius 3 is 2.68 bits per heavy atom. The van der Waals surface area contributed by atoms with Crippen LogP contribution < -0.4 is 11.4 Å². The predicted molar refractivity (Wildman–Crippen MR) is 95.3 cm³/mol. The van der Waals surface area contributed by atoms with E-state index in [-0.39, 0.29) is 23.3 Å². The minimum Gasteiger partial charge on any atom is -0.394 e. The molecule has 2 aromatic rings. The van der Waals surface area contributed by atoms with Crippen LogP contribution in [-0.2, 0) is 9.47 Å². The number of nitrogen functional groups attached to an aromatic ring is 1. The van der Waals surface area contributed by atoms with Gasteiger partial charge in [-0.2, -0.15) is 4.98 Å². The Balaban J connectivity index is 1.46. The topological polar surface area (TPSA) is 99.6 Å². The molecule has 1 aromatic carbocycles. The van der Waals surface area contributed by atoms with Gasteiger partial charge in [-0.1, -0.05) is 35.7 Å². The molecule has 3 N–H and O–H groups in total. The van der Waals surface area contributed by atoms with Crippen molar-refractivity contribution in [2.45, 2.75) is 39.4 Å². The first-order valence-corrected chi connectivity index (χ1v) is 9.59. The highest BCUT2D eigenvalue weighted by molar-refractivity contribution is 8.19. The molecule has 0 unspecified atom stereocenters. The standard InChI is InChI=1S/C16H17N3O4S2/c17-13-5-6-19(15(21)18-13)14-7-9(10(8-20)22-14)23-16-24-11-3-1-2-4-12(11)25-16/h1-6,9-10,14,16,20H,7-8H2,(H2,17,18,21)/t9-,10+,14+/m0/s1. The van der Waals surface area contributed by atoms with Crippen LogP contribution in [0, 0.1) is 0 Å². The molecule has 1 fully saturated rings. The zero-order valence-electron chi connectivity index (χ0n) is 13.1. The van der Waals surface area contributed by atoms with E-state index in [1.165, 1.54) is 14.4 Å². The van der Waals surface area contributed by atoms with Gasteiger partial charge in [0.2, 0.25) is 0 Å². The molecule has 0 amide bonds. The second kappa shape index (κ2) is 7.00. The van der Waals surface area contributed by atoms with Gasteiger partial charge in [0.25, 0.3) is 0 Å². The van der Waals surface area contributed by atoms with Crippen molar-refractivity contribution >= 4 is 29.3 Å². The van der Waals surface area contributed by atoms with Crippen LogP contribution in [0.1, 0.15) is 12.6 Å². The first kappa shape index (κ1) is 16.9. The molecule has 25 heavy (non-hydrogen) atoms. The van der Waals surface area contributed by atoms with Gasteiger partial charge < -0.3 is 20.3 Å². The summed E-state index contributed by atoms with van der Waals surface area (Å²) in [7, 11) is 0. The lowest BCUT2D eigenvalue weighted by atomic mass is 10.2. The molecule has 3 atom stereocenters. The Bertz CT molecular complexity index is 806. The molecular weight excluding hydrogens is 362 g/mol. The van der Waals surface area contributed by atoms with E-state index in [1.807, 2.05) is 12.1 Å². The largest absolute Gasteiger partial charge is 0.394 e. The van der Waals surface area contributed by atoms with Gasteiger partial charge in [0, 0.05) is 22.4 Å². The summed E-state index contributed by atoms with van der Waals surface area (Å²) in [5.74, 6) is 0.169. The van der Waals surface area contributed by atoms with Gasteiger partial charge in [0.15, 0.2) is 4.77 Å². The maximum atomic E-state index is 12.0. The zero-order valence-corrected chi connectivity index (χ0v) is 14.8. The predicted octanol–water partition coefficient (Wildman–Crippen LogP) is 1.67. The van der Waals surface area contributed by atoms with E-state index in [2.05, 4.69) is 17.1 Å². The number of nitrogens with two attached hydrogens (primary N) is 1. The molecule has 1 aromatic heterocycles. The van der Waals surface area contributed by atoms with E-state index in [4.69, 9.17) is 15.2 Å². The highest BCUT2D eigenvalue weighted by Crippen LogP contribution is 2.49. The summed E-state index contributed by atoms with van der Waals surface area (Å²) in [6.07, 6.45) is 0.700. The minimum atomic E-state index is -0.526. The summed E-state index contributed by atoms with van der Waals surface area (Å²) in [5.41, 5.74) is 5.05. The van der Waals surface area contributed by atoms with Crippen molar-refractivity contribution in [3.63, 3.8) is 0 Å². The monoisotopic (exact) mass is 379 g/mol. The van der Waals surface area contributed by atoms with Crippen molar-refractivity contribution in [1.29, 1.82) is 0 Å². The van der Waals surface area contributed by atoms with Gasteiger partial charge in [-0.15, -0.1) is 0 Å². The maximum Gasteiger partial charge on any atom is 0.351 e. The van der Waals surface area contributed by atoms with Crippen LogP contribution in [0.3, 0.4) is 0 Å². The minimum absolute atomic E-state index is 0.0972. The molecule has 7 nitrogen and oxygen atoms in total. The van der Waals surface area contributed by atoms with E-state index < -0.39 is 18.0 Å². The lowest BCUT2D eigenvalue weighted by Gasteiger charge is -2.19. The molecule has 4 rings (SSSR count). The number of fused-ring (bicyclic) bond motifs is 1. The molecule has 0 aliphatic carbocycles. The van der Waals surface area contributed by atoms with Gasteiger partial charge in [-0.3, -0.25) is 4.57 Å². The van der Waals surface area contributed by atoms with Crippen LogP contribution in [0.2, 0.25) is 0 Å². The van der Waals surface area contributed by atoms with Crippen molar-refractivity contribution in [2.75, 3.05) is 12.3 Å². The normalized spacial score (nSPS) is 26.0. The molecule has 132 valence electrons. The van der Waals surface area contributed by atoms with Crippen LogP contribution in [0.4, 0.5) is 5.82 Å². The highest BCUT2D eigenvalue weighted by atomic mass is 32.2. The third-order valence-electron chi connectivity index (χ3n) is 4.10. The Morgan fingerprint density at radius 1 is 1.32 bits per heavy atom. The molecule has 0 bridgehead atoms. The van der Waals surface area contributed by atoms with E-state index in [0.717, 1.165) is 0 Å². The van der Waals surface area contributed by atoms with Gasteiger partial charge in [-0.05, 0) is 18.2 Å². The van der Waals surface area contributed by atoms with Gasteiger partial charge in [-0.25, -0.2) is 4.79 Å². The van der Waals surface area contributed by atoms with Crippen molar-refractivity contribution in [2.24, 2.45) is 0 Å². The first-order chi connectivity index (χ1) is 12.1. The Morgan fingerprint density at radius 2 is 2.04 bits per heavy atom. The number of thioether (sulfide) groups is 2. The van der Waals surface area contributed by atoms with Gasteiger partial charge >= 0.3 is 5.69 Å². The fourth-order valence-electron chi connectivity index (χ4n) is 2.90. The van der Waals surface area contributed by atoms with E-state index in [9.17, 15) is 9.90 Å². The Kier molecular flexibility index (Phi) is 4.74. The number of aliphatic hydroxyl groups excluding tert-OH is 1. The summed E-state index contributed by atoms with van der Waals surface area (Å²) in [4.78, 5) is 18.1. The number of benzene rings is 1. The summed E-state index contributed by atoms with van der Waals surface area (Å²) < 4.78 is 13.2. The van der Waals surface area contributed by atoms with E-state index >= 15 is 0 Å². The molecule has 2 aliphatic heterocycles. The van der Waals surface area contributed by atoms with E-state index in [0.29, 0.717) is 6.42 Å². The lowest BCUT2D eigenvalue weighted by Crippen LogP contribution is -2.29. The Hall–Kier alpha value is -1.52. The highest BCUT2D eigenvalue weighted by Gasteiger charge is 2.39. The number of hydrogen-bond donors (Lipinski definition) is 2. The van der Waals surface area contributed by atoms with E-state index in [1.54, 1.807) is 35.8 Å². The molecule has 0 saturated carbocycles. The van der Waals surface area contributed by atoms with Crippen LogP contribution in [0.15, 0.2) is 51.1 Å². The van der Waals surface area contributed by atoms with Crippen LogP contribution in [0.5, 0.6) is 0 Å². The second-order valence-electron chi connectivity index (χ2n) is 5.74. The van der Waals surface area contributed by atoms with Gasteiger partial charge in [0.1, 0.15) is 18.1 Å². The summed E-state index contributed by atoms with van der Waals surface area (Å²) in [6.45, 7) is -0.173. The van der Waals surface area contributed by atoms with Crippen molar-refractivity contribution in [3.05, 3.63) is 47.0 Å². The molecule has 9 heteroatoms. The van der Waals surface area contributed by atoms with Crippen LogP contribution in [-0.4, -0.2) is 38.2 Å². The molecular formula is C16H17N3O4S2. The van der Waals surface area contributed by atoms with Crippen molar-refractivity contribution < 1.29 is 14.6 Å². The number of anilines is 1. The number of hydrogen-bond acceptors (Lipinski definition) is 8. The van der Waals surface area contributed by atoms with Crippen molar-refractivity contribution in [1.82, 2.24) is 9.55 Å².